The molecule has 2 aromatic heterocycles. The van der Waals surface area contributed by atoms with Crippen LogP contribution in [0.15, 0.2) is 11.1 Å². The van der Waals surface area contributed by atoms with Crippen LogP contribution in [0.2, 0.25) is 0 Å². The van der Waals surface area contributed by atoms with Gasteiger partial charge in [0.25, 0.3) is 5.56 Å². The van der Waals surface area contributed by atoms with Crippen molar-refractivity contribution in [3.05, 3.63) is 33.6 Å². The molecule has 0 spiro atoms. The lowest BCUT2D eigenvalue weighted by Crippen LogP contribution is -2.17. The number of nitrogens with zero attached hydrogens (tertiary/aromatic N) is 3. The Kier molecular flexibility index (Phi) is 2.62. The number of carbonyl (C=O) groups is 1. The van der Waals surface area contributed by atoms with Crippen LogP contribution in [0.3, 0.4) is 0 Å². The smallest absolute Gasteiger partial charge is 0.339 e. The lowest BCUT2D eigenvalue weighted by atomic mass is 10.2. The summed E-state index contributed by atoms with van der Waals surface area (Å²) in [5.41, 5.74) is 5.78. The first kappa shape index (κ1) is 11.8. The number of rotatable bonds is 2. The molecule has 0 amide bonds. The molecule has 0 aromatic carbocycles. The van der Waals surface area contributed by atoms with E-state index in [2.05, 4.69) is 15.1 Å². The maximum Gasteiger partial charge on any atom is 0.339 e. The van der Waals surface area contributed by atoms with Gasteiger partial charge >= 0.3 is 5.97 Å². The van der Waals surface area contributed by atoms with Crippen LogP contribution < -0.4 is 11.3 Å². The summed E-state index contributed by atoms with van der Waals surface area (Å²) in [5.74, 6) is -0.966. The molecule has 0 atom stereocenters. The largest absolute Gasteiger partial charge is 0.478 e. The van der Waals surface area contributed by atoms with E-state index < -0.39 is 11.5 Å². The summed E-state index contributed by atoms with van der Waals surface area (Å²) in [6.07, 6.45) is 1.19. The summed E-state index contributed by atoms with van der Waals surface area (Å²) >= 11 is 0. The Hall–Kier alpha value is -2.64. The van der Waals surface area contributed by atoms with E-state index in [9.17, 15) is 9.59 Å². The van der Waals surface area contributed by atoms with E-state index >= 15 is 0 Å². The van der Waals surface area contributed by atoms with Crippen LogP contribution in [0.1, 0.15) is 21.7 Å². The highest BCUT2D eigenvalue weighted by atomic mass is 16.4. The Morgan fingerprint density at radius 1 is 1.50 bits per heavy atom. The van der Waals surface area contributed by atoms with Gasteiger partial charge in [0.1, 0.15) is 11.3 Å². The van der Waals surface area contributed by atoms with Gasteiger partial charge < -0.3 is 15.8 Å². The number of aromatic carboxylic acids is 1. The Labute approximate surface area is 101 Å². The number of H-pyrrole nitrogens is 1. The fraction of sp³-hybridized carbons (Fsp3) is 0.200. The molecular formula is C10H11N5O3. The van der Waals surface area contributed by atoms with Gasteiger partial charge in [0.2, 0.25) is 0 Å². The number of hydrogen-bond acceptors (Lipinski definition) is 5. The minimum absolute atomic E-state index is 0.0801. The minimum Gasteiger partial charge on any atom is -0.478 e. The van der Waals surface area contributed by atoms with Crippen molar-refractivity contribution in [2.75, 3.05) is 5.73 Å². The number of carboxylic acids is 1. The third-order valence-electron chi connectivity index (χ3n) is 2.57. The Morgan fingerprint density at radius 3 is 2.72 bits per heavy atom. The van der Waals surface area contributed by atoms with Gasteiger partial charge in [0, 0.05) is 0 Å². The van der Waals surface area contributed by atoms with Crippen molar-refractivity contribution in [1.82, 2.24) is 19.7 Å². The molecule has 4 N–H and O–H groups in total. The molecule has 2 aromatic rings. The van der Waals surface area contributed by atoms with E-state index in [1.807, 2.05) is 0 Å². The topological polar surface area (TPSA) is 127 Å². The van der Waals surface area contributed by atoms with E-state index in [4.69, 9.17) is 10.8 Å². The van der Waals surface area contributed by atoms with Crippen LogP contribution in [0, 0.1) is 13.8 Å². The Balaban J connectivity index is 2.73. The average molecular weight is 249 g/mol. The summed E-state index contributed by atoms with van der Waals surface area (Å²) in [6.45, 7) is 3.14. The van der Waals surface area contributed by atoms with Crippen molar-refractivity contribution in [1.29, 1.82) is 0 Å². The number of nitrogen functional groups attached to an aromatic ring is 1. The molecule has 0 unspecified atom stereocenters. The second-order valence-corrected chi connectivity index (χ2v) is 3.73. The average Bonchev–Trinajstić information content (AvgIpc) is 2.58. The van der Waals surface area contributed by atoms with Gasteiger partial charge in [-0.2, -0.15) is 5.10 Å². The second-order valence-electron chi connectivity index (χ2n) is 3.73. The SMILES string of the molecule is Cc1nn(-c2nc[nH]c(=O)c2N)c(C)c1C(=O)O. The monoisotopic (exact) mass is 249 g/mol. The number of aromatic amines is 1. The standard InChI is InChI=1S/C10H11N5O3/c1-4-6(10(17)18)5(2)15(14-4)8-7(11)9(16)13-3-12-8/h3H,11H2,1-2H3,(H,17,18)(H,12,13,16). The quantitative estimate of drug-likeness (QED) is 0.679. The molecule has 8 heteroatoms. The highest BCUT2D eigenvalue weighted by molar-refractivity contribution is 5.90. The van der Waals surface area contributed by atoms with Crippen molar-refractivity contribution in [2.24, 2.45) is 0 Å². The normalized spacial score (nSPS) is 10.6. The van der Waals surface area contributed by atoms with Crippen LogP contribution in [0.4, 0.5) is 5.69 Å². The zero-order chi connectivity index (χ0) is 13.4. The third-order valence-corrected chi connectivity index (χ3v) is 2.57. The number of anilines is 1. The van der Waals surface area contributed by atoms with E-state index in [-0.39, 0.29) is 17.1 Å². The number of carboxylic acid groups (broad SMARTS) is 1. The van der Waals surface area contributed by atoms with Crippen molar-refractivity contribution >= 4 is 11.7 Å². The van der Waals surface area contributed by atoms with Crippen molar-refractivity contribution < 1.29 is 9.90 Å². The van der Waals surface area contributed by atoms with Crippen LogP contribution in [-0.4, -0.2) is 30.8 Å². The van der Waals surface area contributed by atoms with Gasteiger partial charge in [-0.25, -0.2) is 14.5 Å². The highest BCUT2D eigenvalue weighted by Gasteiger charge is 2.20. The first-order valence-corrected chi connectivity index (χ1v) is 5.06. The summed E-state index contributed by atoms with van der Waals surface area (Å²) in [7, 11) is 0. The Morgan fingerprint density at radius 2 is 2.17 bits per heavy atom. The first-order valence-electron chi connectivity index (χ1n) is 5.06. The van der Waals surface area contributed by atoms with Crippen LogP contribution in [0.5, 0.6) is 0 Å². The third kappa shape index (κ3) is 1.63. The molecule has 2 rings (SSSR count). The van der Waals surface area contributed by atoms with Crippen molar-refractivity contribution in [3.63, 3.8) is 0 Å². The zero-order valence-electron chi connectivity index (χ0n) is 9.76. The lowest BCUT2D eigenvalue weighted by Gasteiger charge is -2.05. The van der Waals surface area contributed by atoms with E-state index in [0.717, 1.165) is 0 Å². The molecule has 2 heterocycles. The first-order chi connectivity index (χ1) is 8.43. The number of nitrogens with two attached hydrogens (primary N) is 1. The second kappa shape index (κ2) is 3.99. The number of nitrogens with one attached hydrogen (secondary N) is 1. The maximum absolute atomic E-state index is 11.4. The van der Waals surface area contributed by atoms with Crippen LogP contribution in [-0.2, 0) is 0 Å². The van der Waals surface area contributed by atoms with Gasteiger partial charge in [0.05, 0.1) is 17.7 Å². The number of aromatic nitrogens is 4. The maximum atomic E-state index is 11.4. The van der Waals surface area contributed by atoms with Gasteiger partial charge in [-0.3, -0.25) is 4.79 Å². The summed E-state index contributed by atoms with van der Waals surface area (Å²) in [6, 6.07) is 0. The fourth-order valence-corrected chi connectivity index (χ4v) is 1.73. The van der Waals surface area contributed by atoms with Crippen molar-refractivity contribution in [3.8, 4) is 5.82 Å². The van der Waals surface area contributed by atoms with Crippen molar-refractivity contribution in [2.45, 2.75) is 13.8 Å². The van der Waals surface area contributed by atoms with E-state index in [1.165, 1.54) is 11.0 Å². The molecule has 0 saturated heterocycles. The van der Waals surface area contributed by atoms with Crippen LogP contribution in [0.25, 0.3) is 5.82 Å². The van der Waals surface area contributed by atoms with Gasteiger partial charge in [-0.05, 0) is 13.8 Å². The Bertz CT molecular complexity index is 685. The molecule has 0 saturated carbocycles. The van der Waals surface area contributed by atoms with E-state index in [0.29, 0.717) is 11.4 Å². The highest BCUT2D eigenvalue weighted by Crippen LogP contribution is 2.18. The summed E-state index contributed by atoms with van der Waals surface area (Å²) in [4.78, 5) is 28.7. The zero-order valence-corrected chi connectivity index (χ0v) is 9.76. The minimum atomic E-state index is -1.08. The molecular weight excluding hydrogens is 238 g/mol. The molecule has 0 fully saturated rings. The lowest BCUT2D eigenvalue weighted by molar-refractivity contribution is 0.0695. The summed E-state index contributed by atoms with van der Waals surface area (Å²) < 4.78 is 1.25. The molecule has 18 heavy (non-hydrogen) atoms. The van der Waals surface area contributed by atoms with E-state index in [1.54, 1.807) is 13.8 Å². The van der Waals surface area contributed by atoms with Gasteiger partial charge in [0.15, 0.2) is 5.82 Å². The van der Waals surface area contributed by atoms with Gasteiger partial charge in [-0.1, -0.05) is 0 Å². The predicted octanol–water partition coefficient (Wildman–Crippen LogP) is -0.147. The number of hydrogen-bond donors (Lipinski definition) is 3. The molecule has 0 aliphatic heterocycles. The summed E-state index contributed by atoms with van der Waals surface area (Å²) in [5, 5.41) is 13.1. The van der Waals surface area contributed by atoms with Crippen LogP contribution >= 0.6 is 0 Å². The molecule has 8 nitrogen and oxygen atoms in total. The predicted molar refractivity (Wildman–Crippen MR) is 62.8 cm³/mol. The fourth-order valence-electron chi connectivity index (χ4n) is 1.73. The molecule has 94 valence electrons. The molecule has 0 aliphatic carbocycles. The molecule has 0 bridgehead atoms. The van der Waals surface area contributed by atoms with Gasteiger partial charge in [-0.15, -0.1) is 0 Å². The molecule has 0 radical (unpaired) electrons. The number of aryl methyl sites for hydroxylation is 1. The molecule has 0 aliphatic rings.